The van der Waals surface area contributed by atoms with Crippen molar-refractivity contribution in [3.8, 4) is 0 Å². The monoisotopic (exact) mass is 443 g/mol. The molecule has 0 saturated carbocycles. The number of hydrogen-bond donors (Lipinski definition) is 2. The average molecular weight is 444 g/mol. The minimum atomic E-state index is -3.70. The summed E-state index contributed by atoms with van der Waals surface area (Å²) in [5.74, 6) is -5.44. The molecule has 2 aliphatic rings. The van der Waals surface area contributed by atoms with Crippen LogP contribution in [-0.2, 0) is 19.1 Å². The predicted octanol–water partition coefficient (Wildman–Crippen LogP) is 4.27. The minimum absolute atomic E-state index is 0.00530. The van der Waals surface area contributed by atoms with Crippen LogP contribution < -0.4 is 5.32 Å². The summed E-state index contributed by atoms with van der Waals surface area (Å²) in [6.45, 7) is 2.57. The summed E-state index contributed by atoms with van der Waals surface area (Å²) < 4.78 is 32.2. The standard InChI is InChI=1S/C23H35F2NO5/c1-2-3-5-8-16(27)10-13-21(28)26-15-18-17(19-11-12-20(18)31-19)9-6-4-7-14-23(24,25)22(29)30/h4,6,17-20H,2-3,5,7-15H2,1H3,(H,26,28)(H,29,30)/b6-4-/t17-,18+,19-,20+/m1/s1. The molecule has 0 aromatic rings. The summed E-state index contributed by atoms with van der Waals surface area (Å²) in [5.41, 5.74) is 0. The van der Waals surface area contributed by atoms with Gasteiger partial charge in [0, 0.05) is 38.1 Å². The number of ketones is 1. The van der Waals surface area contributed by atoms with Crippen LogP contribution in [0.15, 0.2) is 12.2 Å². The van der Waals surface area contributed by atoms with Crippen molar-refractivity contribution in [2.75, 3.05) is 6.54 Å². The topological polar surface area (TPSA) is 92.7 Å². The summed E-state index contributed by atoms with van der Waals surface area (Å²) in [6.07, 6.45) is 9.43. The summed E-state index contributed by atoms with van der Waals surface area (Å²) in [7, 11) is 0. The van der Waals surface area contributed by atoms with Gasteiger partial charge < -0.3 is 15.2 Å². The number of carboxylic acids is 1. The molecule has 2 bridgehead atoms. The molecule has 0 unspecified atom stereocenters. The number of carboxylic acid groups (broad SMARTS) is 1. The highest BCUT2D eigenvalue weighted by atomic mass is 19.3. The SMILES string of the molecule is CCCCCC(=O)CCC(=O)NC[C@H]1[C@@H](C/C=C\CCC(F)(F)C(=O)O)[C@H]2CC[C@@H]1O2. The lowest BCUT2D eigenvalue weighted by Gasteiger charge is -2.27. The Kier molecular flexibility index (Phi) is 10.1. The molecule has 2 fully saturated rings. The van der Waals surface area contributed by atoms with E-state index in [1.807, 2.05) is 6.08 Å². The smallest absolute Gasteiger partial charge is 0.374 e. The number of fused-ring (bicyclic) bond motifs is 2. The molecule has 8 heteroatoms. The molecule has 2 N–H and O–H groups in total. The first-order valence-electron chi connectivity index (χ1n) is 11.4. The highest BCUT2D eigenvalue weighted by molar-refractivity contribution is 5.84. The van der Waals surface area contributed by atoms with Crippen molar-refractivity contribution >= 4 is 17.7 Å². The summed E-state index contributed by atoms with van der Waals surface area (Å²) >= 11 is 0. The number of amides is 1. The van der Waals surface area contributed by atoms with Crippen molar-refractivity contribution in [1.82, 2.24) is 5.32 Å². The number of ether oxygens (including phenoxy) is 1. The Morgan fingerprint density at radius 1 is 1.06 bits per heavy atom. The molecule has 2 saturated heterocycles. The van der Waals surface area contributed by atoms with Gasteiger partial charge in [0.25, 0.3) is 0 Å². The number of carbonyl (C=O) groups is 3. The fraction of sp³-hybridized carbons (Fsp3) is 0.783. The average Bonchev–Trinajstić information content (AvgIpc) is 3.32. The first-order valence-corrected chi connectivity index (χ1v) is 11.4. The number of halogens is 2. The van der Waals surface area contributed by atoms with Gasteiger partial charge in [-0.2, -0.15) is 8.78 Å². The van der Waals surface area contributed by atoms with Crippen LogP contribution in [0.5, 0.6) is 0 Å². The molecule has 0 aromatic heterocycles. The Morgan fingerprint density at radius 2 is 1.77 bits per heavy atom. The van der Waals surface area contributed by atoms with Gasteiger partial charge in [0.15, 0.2) is 0 Å². The van der Waals surface area contributed by atoms with Gasteiger partial charge in [-0.15, -0.1) is 0 Å². The van der Waals surface area contributed by atoms with Crippen molar-refractivity contribution in [3.05, 3.63) is 12.2 Å². The molecule has 31 heavy (non-hydrogen) atoms. The second-order valence-corrected chi connectivity index (χ2v) is 8.67. The fourth-order valence-corrected chi connectivity index (χ4v) is 4.49. The lowest BCUT2D eigenvalue weighted by molar-refractivity contribution is -0.165. The lowest BCUT2D eigenvalue weighted by atomic mass is 9.77. The van der Waals surface area contributed by atoms with Crippen LogP contribution in [0, 0.1) is 11.8 Å². The maximum Gasteiger partial charge on any atom is 0.374 e. The Morgan fingerprint density at radius 3 is 2.45 bits per heavy atom. The molecular weight excluding hydrogens is 408 g/mol. The van der Waals surface area contributed by atoms with Gasteiger partial charge in [0.05, 0.1) is 12.2 Å². The van der Waals surface area contributed by atoms with Crippen molar-refractivity contribution in [2.24, 2.45) is 11.8 Å². The van der Waals surface area contributed by atoms with Gasteiger partial charge in [-0.3, -0.25) is 9.59 Å². The van der Waals surface area contributed by atoms with E-state index in [0.717, 1.165) is 32.1 Å². The molecule has 0 aromatic carbocycles. The van der Waals surface area contributed by atoms with E-state index >= 15 is 0 Å². The number of alkyl halides is 2. The molecule has 2 aliphatic heterocycles. The van der Waals surface area contributed by atoms with Crippen LogP contribution in [0.25, 0.3) is 0 Å². The van der Waals surface area contributed by atoms with E-state index in [-0.39, 0.29) is 55.0 Å². The van der Waals surface area contributed by atoms with Crippen LogP contribution >= 0.6 is 0 Å². The summed E-state index contributed by atoms with van der Waals surface area (Å²) in [4.78, 5) is 34.4. The number of rotatable bonds is 15. The number of unbranched alkanes of at least 4 members (excludes halogenated alkanes) is 2. The van der Waals surface area contributed by atoms with Gasteiger partial charge in [-0.05, 0) is 38.0 Å². The third-order valence-corrected chi connectivity index (χ3v) is 6.33. The lowest BCUT2D eigenvalue weighted by Crippen LogP contribution is -2.38. The molecule has 176 valence electrons. The number of carbonyl (C=O) groups excluding carboxylic acids is 2. The van der Waals surface area contributed by atoms with Crippen LogP contribution in [0.3, 0.4) is 0 Å². The van der Waals surface area contributed by atoms with Crippen LogP contribution in [0.1, 0.15) is 77.6 Å². The van der Waals surface area contributed by atoms with Crippen LogP contribution in [-0.4, -0.2) is 47.4 Å². The highest BCUT2D eigenvalue weighted by Gasteiger charge is 2.48. The molecule has 0 spiro atoms. The predicted molar refractivity (Wildman–Crippen MR) is 112 cm³/mol. The first-order chi connectivity index (χ1) is 14.7. The molecule has 0 radical (unpaired) electrons. The van der Waals surface area contributed by atoms with Crippen molar-refractivity contribution in [3.63, 3.8) is 0 Å². The van der Waals surface area contributed by atoms with Gasteiger partial charge in [-0.25, -0.2) is 4.79 Å². The fourth-order valence-electron chi connectivity index (χ4n) is 4.49. The van der Waals surface area contributed by atoms with E-state index in [4.69, 9.17) is 9.84 Å². The van der Waals surface area contributed by atoms with Crippen molar-refractivity contribution < 1.29 is 33.0 Å². The Hall–Kier alpha value is -1.83. The number of aliphatic carboxylic acids is 1. The molecule has 4 atom stereocenters. The first kappa shape index (κ1) is 25.4. The number of nitrogens with one attached hydrogen (secondary N) is 1. The van der Waals surface area contributed by atoms with Crippen LogP contribution in [0.4, 0.5) is 8.78 Å². The third kappa shape index (κ3) is 7.98. The summed E-state index contributed by atoms with van der Waals surface area (Å²) in [6, 6.07) is 0. The summed E-state index contributed by atoms with van der Waals surface area (Å²) in [5, 5.41) is 11.4. The Labute approximate surface area is 182 Å². The zero-order valence-electron chi connectivity index (χ0n) is 18.3. The van der Waals surface area contributed by atoms with E-state index in [2.05, 4.69) is 12.2 Å². The second kappa shape index (κ2) is 12.3. The number of allylic oxidation sites excluding steroid dienone is 2. The Bertz CT molecular complexity index is 652. The minimum Gasteiger partial charge on any atom is -0.477 e. The van der Waals surface area contributed by atoms with Gasteiger partial charge >= 0.3 is 11.9 Å². The van der Waals surface area contributed by atoms with Gasteiger partial charge in [0.1, 0.15) is 5.78 Å². The maximum absolute atomic E-state index is 13.1. The Balaban J connectivity index is 1.72. The van der Waals surface area contributed by atoms with E-state index in [1.54, 1.807) is 6.08 Å². The quantitative estimate of drug-likeness (QED) is 0.291. The van der Waals surface area contributed by atoms with Crippen LogP contribution in [0.2, 0.25) is 0 Å². The normalized spacial score (nSPS) is 25.3. The zero-order chi connectivity index (χ0) is 22.9. The van der Waals surface area contributed by atoms with Gasteiger partial charge in [-0.1, -0.05) is 31.9 Å². The van der Waals surface area contributed by atoms with E-state index in [9.17, 15) is 23.2 Å². The molecule has 2 rings (SSSR count). The van der Waals surface area contributed by atoms with E-state index < -0.39 is 18.3 Å². The maximum atomic E-state index is 13.1. The molecule has 0 aliphatic carbocycles. The molecule has 6 nitrogen and oxygen atoms in total. The molecular formula is C23H35F2NO5. The number of Topliss-reactive ketones (excluding diaryl/α,β-unsaturated/α-hetero) is 1. The van der Waals surface area contributed by atoms with Gasteiger partial charge in [0.2, 0.25) is 5.91 Å². The zero-order valence-corrected chi connectivity index (χ0v) is 18.3. The van der Waals surface area contributed by atoms with E-state index in [1.165, 1.54) is 0 Å². The largest absolute Gasteiger partial charge is 0.477 e. The number of hydrogen-bond acceptors (Lipinski definition) is 4. The molecule has 2 heterocycles. The van der Waals surface area contributed by atoms with E-state index in [0.29, 0.717) is 19.4 Å². The third-order valence-electron chi connectivity index (χ3n) is 6.33. The van der Waals surface area contributed by atoms with Crippen molar-refractivity contribution in [2.45, 2.75) is 95.7 Å². The van der Waals surface area contributed by atoms with Crippen molar-refractivity contribution in [1.29, 1.82) is 0 Å². The second-order valence-electron chi connectivity index (χ2n) is 8.67. The highest BCUT2D eigenvalue weighted by Crippen LogP contribution is 2.44. The molecule has 1 amide bonds.